The molecule has 1 unspecified atom stereocenters. The monoisotopic (exact) mass is 491 g/mol. The Balaban J connectivity index is 1.56. The molecular weight excluding hydrogens is 473 g/mol. The average Bonchev–Trinajstić information content (AvgIpc) is 2.80. The first-order valence-electron chi connectivity index (χ1n) is 9.55. The van der Waals surface area contributed by atoms with Crippen LogP contribution in [0.5, 0.6) is 5.75 Å². The lowest BCUT2D eigenvalue weighted by Gasteiger charge is -2.15. The number of carbonyl (C=O) groups excluding carboxylic acids is 2. The zero-order valence-corrected chi connectivity index (χ0v) is 18.8. The maximum atomic E-state index is 13.6. The highest BCUT2D eigenvalue weighted by atomic mass is 35.5. The van der Waals surface area contributed by atoms with Crippen LogP contribution < -0.4 is 20.3 Å². The summed E-state index contributed by atoms with van der Waals surface area (Å²) in [7, 11) is -3.88. The SMILES string of the molecule is CC(Oc1ccccc1F)C(=O)NNC(=O)c1ccc(S(=O)(=O)Nc2ccc(Cl)cc2)cc1. The van der Waals surface area contributed by atoms with E-state index in [4.69, 9.17) is 16.3 Å². The highest BCUT2D eigenvalue weighted by molar-refractivity contribution is 7.92. The number of halogens is 2. The minimum atomic E-state index is -3.88. The van der Waals surface area contributed by atoms with Gasteiger partial charge in [0.1, 0.15) is 0 Å². The zero-order valence-electron chi connectivity index (χ0n) is 17.2. The van der Waals surface area contributed by atoms with E-state index in [1.54, 1.807) is 18.2 Å². The summed E-state index contributed by atoms with van der Waals surface area (Å²) < 4.78 is 46.2. The number of rotatable bonds is 7. The fourth-order valence-electron chi connectivity index (χ4n) is 2.59. The van der Waals surface area contributed by atoms with Crippen molar-refractivity contribution in [2.45, 2.75) is 17.9 Å². The van der Waals surface area contributed by atoms with Crippen molar-refractivity contribution < 1.29 is 27.1 Å². The normalized spacial score (nSPS) is 11.8. The number of hydrazine groups is 1. The third kappa shape index (κ3) is 6.43. The number of nitrogens with one attached hydrogen (secondary N) is 3. The summed E-state index contributed by atoms with van der Waals surface area (Å²) in [6.07, 6.45) is -1.09. The summed E-state index contributed by atoms with van der Waals surface area (Å²) in [6.45, 7) is 1.39. The van der Waals surface area contributed by atoms with Gasteiger partial charge in [0.25, 0.3) is 21.8 Å². The second-order valence-corrected chi connectivity index (χ2v) is 8.89. The van der Waals surface area contributed by atoms with E-state index in [0.29, 0.717) is 10.7 Å². The van der Waals surface area contributed by atoms with Gasteiger partial charge in [0, 0.05) is 16.3 Å². The number of hydrogen-bond donors (Lipinski definition) is 3. The molecule has 0 saturated carbocycles. The molecule has 0 bridgehead atoms. The van der Waals surface area contributed by atoms with Crippen molar-refractivity contribution in [1.82, 2.24) is 10.9 Å². The Morgan fingerprint density at radius 2 is 1.58 bits per heavy atom. The largest absolute Gasteiger partial charge is 0.478 e. The van der Waals surface area contributed by atoms with Crippen molar-refractivity contribution in [2.24, 2.45) is 0 Å². The number of amides is 2. The second kappa shape index (κ2) is 10.3. The number of sulfonamides is 1. The first-order chi connectivity index (χ1) is 15.7. The number of para-hydroxylation sites is 1. The fraction of sp³-hybridized carbons (Fsp3) is 0.0909. The lowest BCUT2D eigenvalue weighted by Crippen LogP contribution is -2.47. The standard InChI is InChI=1S/C22H19ClFN3O5S/c1-14(32-20-5-3-2-4-19(20)24)21(28)25-26-22(29)15-6-12-18(13-7-15)33(30,31)27-17-10-8-16(23)9-11-17/h2-14,27H,1H3,(H,25,28)(H,26,29). The smallest absolute Gasteiger partial charge is 0.279 e. The number of anilines is 1. The summed E-state index contributed by atoms with van der Waals surface area (Å²) in [5.74, 6) is -2.12. The Hall–Kier alpha value is -3.63. The number of carbonyl (C=O) groups is 2. The molecule has 3 rings (SSSR count). The predicted octanol–water partition coefficient (Wildman–Crippen LogP) is 3.51. The Bertz CT molecular complexity index is 1250. The van der Waals surface area contributed by atoms with Gasteiger partial charge in [0.05, 0.1) is 4.90 Å². The van der Waals surface area contributed by atoms with Crippen LogP contribution in [-0.2, 0) is 14.8 Å². The third-order valence-electron chi connectivity index (χ3n) is 4.33. The minimum Gasteiger partial charge on any atom is -0.478 e. The van der Waals surface area contributed by atoms with Crippen molar-refractivity contribution in [3.63, 3.8) is 0 Å². The van der Waals surface area contributed by atoms with E-state index in [9.17, 15) is 22.4 Å². The Kier molecular flexibility index (Phi) is 7.52. The summed E-state index contributed by atoms with van der Waals surface area (Å²) in [6, 6.07) is 16.8. The first-order valence-corrected chi connectivity index (χ1v) is 11.4. The van der Waals surface area contributed by atoms with Crippen LogP contribution in [0.4, 0.5) is 10.1 Å². The zero-order chi connectivity index (χ0) is 24.0. The molecule has 3 N–H and O–H groups in total. The van der Waals surface area contributed by atoms with E-state index in [-0.39, 0.29) is 16.2 Å². The van der Waals surface area contributed by atoms with E-state index >= 15 is 0 Å². The molecule has 0 heterocycles. The van der Waals surface area contributed by atoms with Crippen molar-refractivity contribution in [1.29, 1.82) is 0 Å². The van der Waals surface area contributed by atoms with E-state index in [2.05, 4.69) is 15.6 Å². The van der Waals surface area contributed by atoms with Crippen LogP contribution in [-0.4, -0.2) is 26.3 Å². The fourth-order valence-corrected chi connectivity index (χ4v) is 3.78. The van der Waals surface area contributed by atoms with Gasteiger partial charge in [-0.2, -0.15) is 0 Å². The second-order valence-electron chi connectivity index (χ2n) is 6.77. The van der Waals surface area contributed by atoms with Crippen LogP contribution in [0.15, 0.2) is 77.7 Å². The predicted molar refractivity (Wildman–Crippen MR) is 121 cm³/mol. The Labute approximate surface area is 194 Å². The van der Waals surface area contributed by atoms with Crippen molar-refractivity contribution >= 4 is 39.1 Å². The quantitative estimate of drug-likeness (QED) is 0.438. The lowest BCUT2D eigenvalue weighted by atomic mass is 10.2. The van der Waals surface area contributed by atoms with Gasteiger partial charge in [-0.25, -0.2) is 12.8 Å². The molecule has 3 aromatic rings. The molecule has 1 atom stereocenters. The number of ether oxygens (including phenoxy) is 1. The van der Waals surface area contributed by atoms with E-state index in [1.807, 2.05) is 0 Å². The van der Waals surface area contributed by atoms with Gasteiger partial charge in [-0.15, -0.1) is 0 Å². The van der Waals surface area contributed by atoms with Crippen LogP contribution in [0, 0.1) is 5.82 Å². The molecule has 172 valence electrons. The van der Waals surface area contributed by atoms with Crippen molar-refractivity contribution in [3.8, 4) is 5.75 Å². The summed E-state index contributed by atoms with van der Waals surface area (Å²) in [4.78, 5) is 24.3. The van der Waals surface area contributed by atoms with Crippen LogP contribution >= 0.6 is 11.6 Å². The molecule has 0 aliphatic rings. The van der Waals surface area contributed by atoms with Crippen LogP contribution in [0.1, 0.15) is 17.3 Å². The molecule has 8 nitrogen and oxygen atoms in total. The summed E-state index contributed by atoms with van der Waals surface area (Å²) in [5, 5.41) is 0.466. The van der Waals surface area contributed by atoms with E-state index in [1.165, 1.54) is 61.5 Å². The molecule has 0 fully saturated rings. The third-order valence-corrected chi connectivity index (χ3v) is 5.98. The lowest BCUT2D eigenvalue weighted by molar-refractivity contribution is -0.128. The summed E-state index contributed by atoms with van der Waals surface area (Å²) in [5.41, 5.74) is 4.80. The van der Waals surface area contributed by atoms with Gasteiger partial charge in [-0.1, -0.05) is 23.7 Å². The molecule has 0 saturated heterocycles. The molecule has 0 aliphatic carbocycles. The van der Waals surface area contributed by atoms with Gasteiger partial charge in [0.2, 0.25) is 0 Å². The van der Waals surface area contributed by atoms with Gasteiger partial charge >= 0.3 is 0 Å². The van der Waals surface area contributed by atoms with Gasteiger partial charge in [0.15, 0.2) is 17.7 Å². The topological polar surface area (TPSA) is 114 Å². The van der Waals surface area contributed by atoms with Gasteiger partial charge in [-0.3, -0.25) is 25.2 Å². The first kappa shape index (κ1) is 24.0. The molecule has 0 aliphatic heterocycles. The molecule has 0 radical (unpaired) electrons. The molecule has 2 amide bonds. The molecule has 3 aromatic carbocycles. The van der Waals surface area contributed by atoms with Gasteiger partial charge < -0.3 is 4.74 Å². The molecule has 0 aromatic heterocycles. The van der Waals surface area contributed by atoms with Crippen LogP contribution in [0.25, 0.3) is 0 Å². The van der Waals surface area contributed by atoms with E-state index < -0.39 is 33.8 Å². The summed E-state index contributed by atoms with van der Waals surface area (Å²) >= 11 is 5.79. The highest BCUT2D eigenvalue weighted by Gasteiger charge is 2.18. The average molecular weight is 492 g/mol. The highest BCUT2D eigenvalue weighted by Crippen LogP contribution is 2.19. The Morgan fingerprint density at radius 1 is 0.939 bits per heavy atom. The van der Waals surface area contributed by atoms with Crippen LogP contribution in [0.2, 0.25) is 5.02 Å². The number of benzene rings is 3. The molecule has 33 heavy (non-hydrogen) atoms. The number of hydrogen-bond acceptors (Lipinski definition) is 5. The Morgan fingerprint density at radius 3 is 2.21 bits per heavy atom. The van der Waals surface area contributed by atoms with Crippen molar-refractivity contribution in [3.05, 3.63) is 89.2 Å². The molecule has 0 spiro atoms. The maximum absolute atomic E-state index is 13.6. The maximum Gasteiger partial charge on any atom is 0.279 e. The van der Waals surface area contributed by atoms with Gasteiger partial charge in [-0.05, 0) is 67.6 Å². The van der Waals surface area contributed by atoms with Crippen LogP contribution in [0.3, 0.4) is 0 Å². The van der Waals surface area contributed by atoms with E-state index in [0.717, 1.165) is 0 Å². The molecular formula is C22H19ClFN3O5S. The van der Waals surface area contributed by atoms with Crippen molar-refractivity contribution in [2.75, 3.05) is 4.72 Å². The molecule has 11 heteroatoms. The minimum absolute atomic E-state index is 0.0649.